The number of hydrogen-bond donors (Lipinski definition) is 2. The van der Waals surface area contributed by atoms with Crippen molar-refractivity contribution < 1.29 is 24.6 Å². The monoisotopic (exact) mass is 134 g/mol. The average molecular weight is 134 g/mol. The van der Waals surface area contributed by atoms with E-state index >= 15 is 0 Å². The number of carbonyl (C=O) groups excluding carboxylic acids is 1. The van der Waals surface area contributed by atoms with E-state index < -0.39 is 24.1 Å². The third-order valence-corrected chi connectivity index (χ3v) is 0.550. The molecule has 0 aromatic heterocycles. The molecule has 0 atom stereocenters. The van der Waals surface area contributed by atoms with Crippen LogP contribution in [0.1, 0.15) is 6.42 Å². The number of aliphatic carboxylic acids is 2. The molecule has 0 radical (unpaired) electrons. The van der Waals surface area contributed by atoms with Crippen LogP contribution in [0.4, 0.5) is 0 Å². The second-order valence-corrected chi connectivity index (χ2v) is 1.30. The average Bonchev–Trinajstić information content (AvgIpc) is 1.63. The van der Waals surface area contributed by atoms with Crippen LogP contribution in [0.15, 0.2) is 0 Å². The summed E-state index contributed by atoms with van der Waals surface area (Å²) in [4.78, 5) is 29.2. The molecule has 9 heavy (non-hydrogen) atoms. The Morgan fingerprint density at radius 3 is 1.89 bits per heavy atom. The molecule has 0 spiro atoms. The first kappa shape index (κ1) is 7.61. The van der Waals surface area contributed by atoms with Gasteiger partial charge < -0.3 is 10.2 Å². The Morgan fingerprint density at radius 1 is 1.33 bits per heavy atom. The van der Waals surface area contributed by atoms with Crippen molar-refractivity contribution >= 4 is 17.7 Å². The van der Waals surface area contributed by atoms with Gasteiger partial charge in [0.15, 0.2) is 0 Å². The third kappa shape index (κ3) is 3.22. The Hall–Kier alpha value is -1.39. The summed E-state index contributed by atoms with van der Waals surface area (Å²) in [5.74, 6) is -4.44. The largest absolute Gasteiger partial charge is 0.481 e. The summed E-state index contributed by atoms with van der Waals surface area (Å²) in [6.45, 7) is 0. The number of hydrogen-bond acceptors (Lipinski definition) is 3. The van der Waals surface area contributed by atoms with Gasteiger partial charge in [0.2, 0.25) is 0 Å². The number of rotatable bonds is 3. The molecule has 5 heteroatoms. The lowest BCUT2D eigenvalue weighted by molar-refractivity contribution is -0.152. The smallest absolute Gasteiger partial charge is 0.372 e. The second-order valence-electron chi connectivity index (χ2n) is 1.30. The zero-order valence-corrected chi connectivity index (χ0v) is 4.33. The maximum atomic E-state index is 9.97. The second kappa shape index (κ2) is 2.81. The number of ketones is 1. The van der Waals surface area contributed by atoms with Gasteiger partial charge in [-0.25, -0.2) is 4.79 Å². The van der Waals surface area contributed by atoms with Gasteiger partial charge in [-0.05, 0) is 0 Å². The molecule has 0 saturated carbocycles. The first-order valence-corrected chi connectivity index (χ1v) is 2.02. The van der Waals surface area contributed by atoms with Crippen LogP contribution in [0.3, 0.4) is 0 Å². The fourth-order valence-corrected chi connectivity index (χ4v) is 0.213. The minimum absolute atomic E-state index is 0.949. The van der Waals surface area contributed by atoms with Crippen LogP contribution in [-0.2, 0) is 14.4 Å². The van der Waals surface area contributed by atoms with E-state index in [1.54, 1.807) is 0 Å². The van der Waals surface area contributed by atoms with Gasteiger partial charge in [-0.3, -0.25) is 9.59 Å². The number of carbonyl (C=O) groups is 3. The van der Waals surface area contributed by atoms with E-state index in [2.05, 4.69) is 0 Å². The molecule has 0 aliphatic carbocycles. The molecule has 50 valence electrons. The number of Topliss-reactive ketones (excluding diaryl/α,β-unsaturated/α-hetero) is 1. The van der Waals surface area contributed by atoms with Crippen molar-refractivity contribution in [1.82, 2.24) is 0 Å². The lowest BCUT2D eigenvalue weighted by atomic mass is 10.7. The van der Waals surface area contributed by atoms with E-state index in [4.69, 9.17) is 10.2 Å². The molecule has 0 aliphatic heterocycles. The van der Waals surface area contributed by atoms with E-state index in [0.29, 0.717) is 0 Å². The van der Waals surface area contributed by atoms with Crippen LogP contribution in [0.5, 0.6) is 0 Å². The highest BCUT2D eigenvalue weighted by Crippen LogP contribution is 1.81. The summed E-state index contributed by atoms with van der Waals surface area (Å²) in [7, 11) is 0. The molecule has 2 N–H and O–H groups in total. The Labute approximate surface area is 49.9 Å². The molecule has 0 bridgehead atoms. The first-order valence-electron chi connectivity index (χ1n) is 2.02. The van der Waals surface area contributed by atoms with Gasteiger partial charge in [0, 0.05) is 0 Å². The highest BCUT2D eigenvalue weighted by Gasteiger charge is 2.14. The van der Waals surface area contributed by atoms with Crippen LogP contribution in [0.2, 0.25) is 0 Å². The van der Waals surface area contributed by atoms with Crippen LogP contribution < -0.4 is 0 Å². The van der Waals surface area contributed by atoms with Crippen molar-refractivity contribution in [3.63, 3.8) is 0 Å². The topological polar surface area (TPSA) is 91.7 Å². The Balaban J connectivity index is 3.79. The summed E-state index contributed by atoms with van der Waals surface area (Å²) in [6, 6.07) is 0. The standard InChI is InChI=1S/C4H4O5/c5-2(4(8)9)1-3(6)7/h1H2,(H,6,7)(H,8,9)/i2+2. The first-order chi connectivity index (χ1) is 4.04. The molecule has 0 aromatic carbocycles. The molecular weight excluding hydrogens is 130 g/mol. The molecule has 5 nitrogen and oxygen atoms in total. The van der Waals surface area contributed by atoms with Gasteiger partial charge >= 0.3 is 11.9 Å². The zero-order valence-electron chi connectivity index (χ0n) is 4.33. The Morgan fingerprint density at radius 2 is 1.78 bits per heavy atom. The maximum absolute atomic E-state index is 9.97. The molecule has 0 aromatic rings. The third-order valence-electron chi connectivity index (χ3n) is 0.550. The highest BCUT2D eigenvalue weighted by molar-refractivity contribution is 6.35. The molecular formula is C4H4O5. The van der Waals surface area contributed by atoms with E-state index in [0.717, 1.165) is 0 Å². The van der Waals surface area contributed by atoms with Crippen molar-refractivity contribution in [2.75, 3.05) is 0 Å². The predicted molar refractivity (Wildman–Crippen MR) is 24.9 cm³/mol. The molecule has 0 unspecified atom stereocenters. The summed E-state index contributed by atoms with van der Waals surface area (Å²) >= 11 is 0. The lowest BCUT2D eigenvalue weighted by Crippen LogP contribution is -2.16. The summed E-state index contributed by atoms with van der Waals surface area (Å²) in [5.41, 5.74) is 0. The molecule has 0 saturated heterocycles. The van der Waals surface area contributed by atoms with Gasteiger partial charge in [0.1, 0.15) is 6.42 Å². The Kier molecular flexibility index (Phi) is 2.37. The van der Waals surface area contributed by atoms with Gasteiger partial charge in [-0.2, -0.15) is 0 Å². The quantitative estimate of drug-likeness (QED) is 0.386. The fourth-order valence-electron chi connectivity index (χ4n) is 0.213. The fraction of sp³-hybridized carbons (Fsp3) is 0.250. The van der Waals surface area contributed by atoms with Crippen molar-refractivity contribution in [2.24, 2.45) is 0 Å². The van der Waals surface area contributed by atoms with Crippen molar-refractivity contribution in [2.45, 2.75) is 6.42 Å². The maximum Gasteiger partial charge on any atom is 0.372 e. The predicted octanol–water partition coefficient (Wildman–Crippen LogP) is -0.885. The highest BCUT2D eigenvalue weighted by atomic mass is 16.4. The lowest BCUT2D eigenvalue weighted by Gasteiger charge is -1.85. The molecule has 0 aliphatic rings. The van der Waals surface area contributed by atoms with Gasteiger partial charge in [0.25, 0.3) is 5.78 Å². The van der Waals surface area contributed by atoms with Crippen LogP contribution in [0.25, 0.3) is 0 Å². The summed E-state index contributed by atoms with van der Waals surface area (Å²) < 4.78 is 0. The van der Waals surface area contributed by atoms with E-state index in [1.807, 2.05) is 0 Å². The number of carboxylic acids is 2. The molecule has 0 heterocycles. The SMILES string of the molecule is O=C(O)C[14C](=O)C(=O)O. The van der Waals surface area contributed by atoms with E-state index in [9.17, 15) is 14.4 Å². The Bertz CT molecular complexity index is 158. The van der Waals surface area contributed by atoms with Gasteiger partial charge in [-0.1, -0.05) is 0 Å². The van der Waals surface area contributed by atoms with Crippen LogP contribution in [-0.4, -0.2) is 27.9 Å². The number of carboxylic acid groups (broad SMARTS) is 2. The van der Waals surface area contributed by atoms with E-state index in [1.165, 1.54) is 0 Å². The molecule has 0 amide bonds. The zero-order chi connectivity index (χ0) is 7.44. The summed E-state index contributed by atoms with van der Waals surface area (Å²) in [5, 5.41) is 15.7. The van der Waals surface area contributed by atoms with Crippen molar-refractivity contribution in [3.8, 4) is 0 Å². The summed E-state index contributed by atoms with van der Waals surface area (Å²) in [6.07, 6.45) is -0.949. The van der Waals surface area contributed by atoms with E-state index in [-0.39, 0.29) is 0 Å². The van der Waals surface area contributed by atoms with Gasteiger partial charge in [0.05, 0.1) is 0 Å². The normalized spacial score (nSPS) is 8.44. The molecule has 0 fully saturated rings. The van der Waals surface area contributed by atoms with Crippen LogP contribution in [0, 0.1) is 0 Å². The van der Waals surface area contributed by atoms with Gasteiger partial charge in [-0.15, -0.1) is 0 Å². The molecule has 0 rings (SSSR count). The van der Waals surface area contributed by atoms with Crippen molar-refractivity contribution in [1.29, 1.82) is 0 Å². The van der Waals surface area contributed by atoms with Crippen LogP contribution >= 0.6 is 0 Å². The minimum Gasteiger partial charge on any atom is -0.481 e. The van der Waals surface area contributed by atoms with Crippen molar-refractivity contribution in [3.05, 3.63) is 0 Å². The minimum atomic E-state index is -1.71.